The van der Waals surface area contributed by atoms with Crippen molar-refractivity contribution in [1.29, 1.82) is 0 Å². The molecule has 12 heteroatoms. The van der Waals surface area contributed by atoms with Crippen LogP contribution in [-0.2, 0) is 22.4 Å². The number of phenolic OH excluding ortho intramolecular Hbond substituents is 2. The summed E-state index contributed by atoms with van der Waals surface area (Å²) in [7, 11) is 3.10. The normalized spacial score (nSPS) is 11.1. The van der Waals surface area contributed by atoms with Crippen LogP contribution in [0.4, 0.5) is 0 Å². The van der Waals surface area contributed by atoms with Gasteiger partial charge in [0.1, 0.15) is 11.8 Å². The van der Waals surface area contributed by atoms with Crippen LogP contribution in [0.1, 0.15) is 27.2 Å². The Labute approximate surface area is 253 Å². The molecule has 1 atom stereocenters. The molecule has 5 N–H and O–H groups in total. The van der Waals surface area contributed by atoms with Crippen LogP contribution in [0.2, 0.25) is 5.02 Å². The Bertz CT molecular complexity index is 1550. The van der Waals surface area contributed by atoms with Gasteiger partial charge in [-0.3, -0.25) is 19.0 Å². The van der Waals surface area contributed by atoms with Crippen LogP contribution in [0.25, 0.3) is 10.9 Å². The minimum atomic E-state index is -0.955. The molecule has 1 heterocycles. The fraction of sp³-hybridized carbons (Fsp3) is 0.207. The maximum absolute atomic E-state index is 13.0. The third kappa shape index (κ3) is 8.05. The number of aromatic nitrogens is 1. The molecule has 0 aliphatic carbocycles. The molecule has 3 aromatic carbocycles. The van der Waals surface area contributed by atoms with Crippen molar-refractivity contribution >= 4 is 59.2 Å². The molecule has 212 valence electrons. The number of hydrogen-bond donors (Lipinski definition) is 5. The molecule has 0 radical (unpaired) electrons. The topological polar surface area (TPSA) is 158 Å². The second kappa shape index (κ2) is 14.6. The van der Waals surface area contributed by atoms with E-state index in [2.05, 4.69) is 5.32 Å². The van der Waals surface area contributed by atoms with E-state index in [9.17, 15) is 24.6 Å². The summed E-state index contributed by atoms with van der Waals surface area (Å²) < 4.78 is 6.77. The summed E-state index contributed by atoms with van der Waals surface area (Å²) in [6, 6.07) is 15.4. The van der Waals surface area contributed by atoms with Crippen molar-refractivity contribution in [2.75, 3.05) is 14.2 Å². The predicted octanol–water partition coefficient (Wildman–Crippen LogP) is 3.59. The van der Waals surface area contributed by atoms with Crippen LogP contribution in [0.5, 0.6) is 17.2 Å². The predicted molar refractivity (Wildman–Crippen MR) is 157 cm³/mol. The van der Waals surface area contributed by atoms with Gasteiger partial charge in [0.2, 0.25) is 0 Å². The van der Waals surface area contributed by atoms with Gasteiger partial charge in [-0.1, -0.05) is 17.7 Å². The van der Waals surface area contributed by atoms with Gasteiger partial charge in [0.05, 0.1) is 19.0 Å². The average Bonchev–Trinajstić information content (AvgIpc) is 3.19. The average molecular weight is 577 g/mol. The molecule has 4 rings (SSSR count). The molecular weight excluding hydrogens is 547 g/mol. The van der Waals surface area contributed by atoms with Gasteiger partial charge in [-0.15, -0.1) is 0 Å². The van der Waals surface area contributed by atoms with Gasteiger partial charge >= 0.3 is 30.8 Å². The number of aliphatic carboxylic acids is 2. The molecular formula is C29H30ClLiN2O8. The Balaban J connectivity index is 0.000000317. The number of phenols is 2. The van der Waals surface area contributed by atoms with Gasteiger partial charge in [0.15, 0.2) is 11.5 Å². The molecule has 0 aliphatic heterocycles. The number of carboxylic acids is 2. The molecule has 1 unspecified atom stereocenters. The Morgan fingerprint density at radius 2 is 1.63 bits per heavy atom. The minimum absolute atomic E-state index is 0. The van der Waals surface area contributed by atoms with Gasteiger partial charge in [0, 0.05) is 21.7 Å². The maximum atomic E-state index is 13.0. The summed E-state index contributed by atoms with van der Waals surface area (Å²) in [6.07, 6.45) is 0.0794. The number of likely N-dealkylation sites (N-methyl/N-ethyl adjacent to an activating group) is 1. The molecule has 0 amide bonds. The zero-order valence-electron chi connectivity index (χ0n) is 22.0. The van der Waals surface area contributed by atoms with Gasteiger partial charge < -0.3 is 30.5 Å². The number of hydrogen-bond acceptors (Lipinski definition) is 7. The van der Waals surface area contributed by atoms with Crippen molar-refractivity contribution in [3.05, 3.63) is 88.1 Å². The number of carboxylic acid groups (broad SMARTS) is 2. The molecule has 0 saturated heterocycles. The standard InChI is InChI=1S/C19H16ClNO4.C10H13NO4.Li.H/c1-11-15(10-18(22)23)16-9-14(25-2)7-8-17(16)21(11)19(24)12-3-5-13(20)6-4-12;1-11-7(10(14)15)4-6-2-3-8(12)9(13)5-6;;/h3-9H,10H2,1-2H3,(H,22,23);2-3,5,7,11-13H,4H2,1H3,(H,14,15);;. The fourth-order valence-electron chi connectivity index (χ4n) is 4.19. The van der Waals surface area contributed by atoms with Crippen LogP contribution in [0.15, 0.2) is 60.7 Å². The number of fused-ring (bicyclic) bond motifs is 1. The number of carbonyl (C=O) groups is 3. The molecule has 0 aliphatic rings. The Kier molecular flexibility index (Phi) is 11.9. The van der Waals surface area contributed by atoms with Crippen LogP contribution in [-0.4, -0.2) is 81.9 Å². The number of methoxy groups -OCH3 is 1. The van der Waals surface area contributed by atoms with Crippen molar-refractivity contribution in [3.63, 3.8) is 0 Å². The number of aromatic hydroxyl groups is 2. The van der Waals surface area contributed by atoms with E-state index in [0.717, 1.165) is 0 Å². The van der Waals surface area contributed by atoms with Crippen molar-refractivity contribution in [1.82, 2.24) is 9.88 Å². The second-order valence-corrected chi connectivity index (χ2v) is 9.31. The summed E-state index contributed by atoms with van der Waals surface area (Å²) >= 11 is 5.89. The summed E-state index contributed by atoms with van der Waals surface area (Å²) in [5.74, 6) is -1.99. The zero-order valence-corrected chi connectivity index (χ0v) is 22.8. The van der Waals surface area contributed by atoms with E-state index in [1.165, 1.54) is 16.7 Å². The fourth-order valence-corrected chi connectivity index (χ4v) is 4.32. The number of carbonyl (C=O) groups excluding carboxylic acids is 1. The molecule has 10 nitrogen and oxygen atoms in total. The Morgan fingerprint density at radius 3 is 2.17 bits per heavy atom. The first-order valence-electron chi connectivity index (χ1n) is 12.1. The van der Waals surface area contributed by atoms with Crippen LogP contribution < -0.4 is 10.1 Å². The first-order valence-corrected chi connectivity index (χ1v) is 12.5. The first-order chi connectivity index (χ1) is 19.0. The number of benzene rings is 3. The van der Waals surface area contributed by atoms with Crippen molar-refractivity contribution in [2.45, 2.75) is 25.8 Å². The van der Waals surface area contributed by atoms with Gasteiger partial charge in [-0.05, 0) is 86.1 Å². The van der Waals surface area contributed by atoms with Crippen LogP contribution >= 0.6 is 11.6 Å². The van der Waals surface area contributed by atoms with E-state index < -0.39 is 18.0 Å². The van der Waals surface area contributed by atoms with E-state index in [-0.39, 0.29) is 49.1 Å². The van der Waals surface area contributed by atoms with Crippen LogP contribution in [0, 0.1) is 6.92 Å². The van der Waals surface area contributed by atoms with Crippen LogP contribution in [0.3, 0.4) is 0 Å². The Hall–Kier alpha value is -3.94. The quantitative estimate of drug-likeness (QED) is 0.156. The summed E-state index contributed by atoms with van der Waals surface area (Å²) in [4.78, 5) is 35.0. The second-order valence-electron chi connectivity index (χ2n) is 8.87. The summed E-state index contributed by atoms with van der Waals surface area (Å²) in [6.45, 7) is 1.75. The first kappa shape index (κ1) is 33.3. The zero-order chi connectivity index (χ0) is 29.6. The van der Waals surface area contributed by atoms with Gasteiger partial charge in [-0.2, -0.15) is 0 Å². The van der Waals surface area contributed by atoms with Gasteiger partial charge in [0.25, 0.3) is 5.91 Å². The molecule has 1 aromatic heterocycles. The summed E-state index contributed by atoms with van der Waals surface area (Å²) in [5, 5.41) is 40.2. The van der Waals surface area contributed by atoms with E-state index >= 15 is 0 Å². The molecule has 41 heavy (non-hydrogen) atoms. The third-order valence-electron chi connectivity index (χ3n) is 6.29. The molecule has 0 spiro atoms. The van der Waals surface area contributed by atoms with E-state index in [1.54, 1.807) is 69.6 Å². The van der Waals surface area contributed by atoms with E-state index in [1.807, 2.05) is 0 Å². The number of nitrogens with one attached hydrogen (secondary N) is 1. The molecule has 0 bridgehead atoms. The number of rotatable bonds is 8. The molecule has 0 saturated carbocycles. The van der Waals surface area contributed by atoms with E-state index in [0.29, 0.717) is 44.1 Å². The molecule has 4 aromatic rings. The summed E-state index contributed by atoms with van der Waals surface area (Å²) in [5.41, 5.74) is 2.97. The number of nitrogens with zero attached hydrogens (tertiary/aromatic N) is 1. The Morgan fingerprint density at radius 1 is 0.976 bits per heavy atom. The van der Waals surface area contributed by atoms with Crippen molar-refractivity contribution in [3.8, 4) is 17.2 Å². The molecule has 0 fully saturated rings. The van der Waals surface area contributed by atoms with Crippen molar-refractivity contribution in [2.24, 2.45) is 0 Å². The number of halogens is 1. The van der Waals surface area contributed by atoms with Gasteiger partial charge in [-0.25, -0.2) is 0 Å². The third-order valence-corrected chi connectivity index (χ3v) is 6.54. The SMILES string of the molecule is CNC(Cc1ccc(O)c(O)c1)C(=O)O.COc1ccc2c(c1)c(CC(=O)O)c(C)n2C(=O)c1ccc(Cl)cc1.[LiH]. The van der Waals surface area contributed by atoms with Crippen molar-refractivity contribution < 1.29 is 39.5 Å². The monoisotopic (exact) mass is 576 g/mol. The number of ether oxygens (including phenoxy) is 1. The van der Waals surface area contributed by atoms with E-state index in [4.69, 9.17) is 26.6 Å².